The molecule has 19 heavy (non-hydrogen) atoms. The van der Waals surface area contributed by atoms with E-state index in [1.165, 1.54) is 13.2 Å². The van der Waals surface area contributed by atoms with E-state index in [4.69, 9.17) is 9.15 Å². The molecule has 0 fully saturated rings. The van der Waals surface area contributed by atoms with Gasteiger partial charge in [-0.15, -0.1) is 0 Å². The minimum Gasteiger partial charge on any atom is -0.494 e. The second-order valence-electron chi connectivity index (χ2n) is 4.27. The Morgan fingerprint density at radius 3 is 2.74 bits per heavy atom. The Morgan fingerprint density at radius 2 is 2.16 bits per heavy atom. The molecule has 0 saturated carbocycles. The molecule has 0 aliphatic heterocycles. The third kappa shape index (κ3) is 2.63. The summed E-state index contributed by atoms with van der Waals surface area (Å²) in [5.74, 6) is 0.805. The van der Waals surface area contributed by atoms with Gasteiger partial charge in [-0.3, -0.25) is 0 Å². The average Bonchev–Trinajstić information content (AvgIpc) is 2.88. The van der Waals surface area contributed by atoms with Crippen molar-refractivity contribution >= 4 is 0 Å². The van der Waals surface area contributed by atoms with E-state index in [0.717, 1.165) is 23.3 Å². The van der Waals surface area contributed by atoms with Crippen LogP contribution in [0.15, 0.2) is 34.9 Å². The van der Waals surface area contributed by atoms with E-state index in [1.54, 1.807) is 12.3 Å². The fourth-order valence-electron chi connectivity index (χ4n) is 2.26. The van der Waals surface area contributed by atoms with E-state index in [9.17, 15) is 4.39 Å². The highest BCUT2D eigenvalue weighted by Gasteiger charge is 2.18. The van der Waals surface area contributed by atoms with Crippen LogP contribution in [0.5, 0.6) is 5.75 Å². The molecule has 1 atom stereocenters. The van der Waals surface area contributed by atoms with E-state index < -0.39 is 0 Å². The number of rotatable bonds is 5. The van der Waals surface area contributed by atoms with Crippen LogP contribution in [0.4, 0.5) is 4.39 Å². The van der Waals surface area contributed by atoms with Gasteiger partial charge >= 0.3 is 0 Å². The van der Waals surface area contributed by atoms with Crippen molar-refractivity contribution in [2.75, 3.05) is 14.2 Å². The van der Waals surface area contributed by atoms with E-state index >= 15 is 0 Å². The molecule has 3 nitrogen and oxygen atoms in total. The molecule has 0 aliphatic carbocycles. The fraction of sp³-hybridized carbons (Fsp3) is 0.333. The standard InChI is InChI=1S/C15H18FNO2/c1-4-13-11(7-8-19-13)15(17-2)10-5-6-14(18-3)12(16)9-10/h5-9,15,17H,4H2,1-3H3. The lowest BCUT2D eigenvalue weighted by atomic mass is 9.98. The molecule has 1 aromatic carbocycles. The Hall–Kier alpha value is -1.81. The summed E-state index contributed by atoms with van der Waals surface area (Å²) in [5.41, 5.74) is 1.88. The zero-order valence-corrected chi connectivity index (χ0v) is 11.4. The van der Waals surface area contributed by atoms with E-state index in [1.807, 2.05) is 26.1 Å². The van der Waals surface area contributed by atoms with Crippen LogP contribution in [0, 0.1) is 5.82 Å². The maximum atomic E-state index is 13.8. The Kier molecular flexibility index (Phi) is 4.22. The Labute approximate surface area is 112 Å². The number of hydrogen-bond acceptors (Lipinski definition) is 3. The van der Waals surface area contributed by atoms with Crippen molar-refractivity contribution in [3.63, 3.8) is 0 Å². The first-order chi connectivity index (χ1) is 9.21. The van der Waals surface area contributed by atoms with Crippen molar-refractivity contribution in [2.24, 2.45) is 0 Å². The van der Waals surface area contributed by atoms with Crippen LogP contribution < -0.4 is 10.1 Å². The molecule has 4 heteroatoms. The molecule has 2 aromatic rings. The molecule has 102 valence electrons. The number of furan rings is 1. The second kappa shape index (κ2) is 5.89. The number of benzene rings is 1. The normalized spacial score (nSPS) is 12.4. The van der Waals surface area contributed by atoms with Crippen LogP contribution in [0.1, 0.15) is 29.9 Å². The number of hydrogen-bond donors (Lipinski definition) is 1. The van der Waals surface area contributed by atoms with Gasteiger partial charge in [0.1, 0.15) is 5.76 Å². The summed E-state index contributed by atoms with van der Waals surface area (Å²) in [4.78, 5) is 0. The summed E-state index contributed by atoms with van der Waals surface area (Å²) in [7, 11) is 3.30. The SMILES string of the molecule is CCc1occc1C(NC)c1ccc(OC)c(F)c1. The molecule has 1 unspecified atom stereocenters. The topological polar surface area (TPSA) is 34.4 Å². The first kappa shape index (κ1) is 13.6. The molecule has 2 rings (SSSR count). The first-order valence-corrected chi connectivity index (χ1v) is 6.28. The predicted octanol–water partition coefficient (Wildman–Crippen LogP) is 3.30. The van der Waals surface area contributed by atoms with Gasteiger partial charge in [-0.25, -0.2) is 4.39 Å². The molecule has 0 spiro atoms. The molecule has 0 saturated heterocycles. The van der Waals surface area contributed by atoms with Gasteiger partial charge in [0.2, 0.25) is 0 Å². The van der Waals surface area contributed by atoms with Crippen LogP contribution in [-0.2, 0) is 6.42 Å². The molecule has 1 N–H and O–H groups in total. The summed E-state index contributed by atoms with van der Waals surface area (Å²) in [6.45, 7) is 2.03. The summed E-state index contributed by atoms with van der Waals surface area (Å²) in [5, 5.41) is 3.19. The first-order valence-electron chi connectivity index (χ1n) is 6.28. The number of methoxy groups -OCH3 is 1. The number of aryl methyl sites for hydroxylation is 1. The van der Waals surface area contributed by atoms with Crippen molar-refractivity contribution in [2.45, 2.75) is 19.4 Å². The Balaban J connectivity index is 2.40. The van der Waals surface area contributed by atoms with Gasteiger partial charge in [0.15, 0.2) is 11.6 Å². The van der Waals surface area contributed by atoms with Gasteiger partial charge in [0.05, 0.1) is 19.4 Å². The van der Waals surface area contributed by atoms with Gasteiger partial charge in [0.25, 0.3) is 0 Å². The molecule has 1 aromatic heterocycles. The summed E-state index contributed by atoms with van der Waals surface area (Å²) in [6.07, 6.45) is 2.47. The highest BCUT2D eigenvalue weighted by atomic mass is 19.1. The molecule has 0 amide bonds. The maximum Gasteiger partial charge on any atom is 0.165 e. The largest absolute Gasteiger partial charge is 0.494 e. The van der Waals surface area contributed by atoms with Crippen LogP contribution in [-0.4, -0.2) is 14.2 Å². The van der Waals surface area contributed by atoms with Crippen LogP contribution >= 0.6 is 0 Å². The lowest BCUT2D eigenvalue weighted by Crippen LogP contribution is -2.18. The average molecular weight is 263 g/mol. The van der Waals surface area contributed by atoms with Crippen molar-refractivity contribution < 1.29 is 13.5 Å². The Morgan fingerprint density at radius 1 is 1.37 bits per heavy atom. The van der Waals surface area contributed by atoms with Gasteiger partial charge in [-0.2, -0.15) is 0 Å². The third-order valence-corrected chi connectivity index (χ3v) is 3.21. The minimum absolute atomic E-state index is 0.0888. The molecule has 0 bridgehead atoms. The lowest BCUT2D eigenvalue weighted by Gasteiger charge is -2.17. The van der Waals surface area contributed by atoms with E-state index in [2.05, 4.69) is 5.32 Å². The van der Waals surface area contributed by atoms with E-state index in [-0.39, 0.29) is 17.6 Å². The number of halogens is 1. The van der Waals surface area contributed by atoms with Crippen molar-refractivity contribution in [1.29, 1.82) is 0 Å². The predicted molar refractivity (Wildman–Crippen MR) is 71.9 cm³/mol. The highest BCUT2D eigenvalue weighted by molar-refractivity contribution is 5.37. The molecule has 1 heterocycles. The van der Waals surface area contributed by atoms with Gasteiger partial charge in [0, 0.05) is 12.0 Å². The van der Waals surface area contributed by atoms with Gasteiger partial charge in [-0.1, -0.05) is 13.0 Å². The van der Waals surface area contributed by atoms with Crippen LogP contribution in [0.3, 0.4) is 0 Å². The highest BCUT2D eigenvalue weighted by Crippen LogP contribution is 2.29. The minimum atomic E-state index is -0.359. The molecule has 0 radical (unpaired) electrons. The Bertz CT molecular complexity index is 551. The second-order valence-corrected chi connectivity index (χ2v) is 4.27. The summed E-state index contributed by atoms with van der Waals surface area (Å²) >= 11 is 0. The summed E-state index contributed by atoms with van der Waals surface area (Å²) < 4.78 is 24.2. The van der Waals surface area contributed by atoms with Crippen LogP contribution in [0.2, 0.25) is 0 Å². The van der Waals surface area contributed by atoms with Gasteiger partial charge < -0.3 is 14.5 Å². The number of nitrogens with one attached hydrogen (secondary N) is 1. The molecule has 0 aliphatic rings. The summed E-state index contributed by atoms with van der Waals surface area (Å²) in [6, 6.07) is 6.82. The quantitative estimate of drug-likeness (QED) is 0.898. The van der Waals surface area contributed by atoms with Crippen molar-refractivity contribution in [3.05, 3.63) is 53.2 Å². The lowest BCUT2D eigenvalue weighted by molar-refractivity contribution is 0.386. The van der Waals surface area contributed by atoms with Crippen molar-refractivity contribution in [3.8, 4) is 5.75 Å². The van der Waals surface area contributed by atoms with Gasteiger partial charge in [-0.05, 0) is 30.8 Å². The zero-order chi connectivity index (χ0) is 13.8. The van der Waals surface area contributed by atoms with Crippen LogP contribution in [0.25, 0.3) is 0 Å². The maximum absolute atomic E-state index is 13.8. The zero-order valence-electron chi connectivity index (χ0n) is 11.4. The smallest absolute Gasteiger partial charge is 0.165 e. The number of ether oxygens (including phenoxy) is 1. The van der Waals surface area contributed by atoms with E-state index in [0.29, 0.717) is 0 Å². The molecular weight excluding hydrogens is 245 g/mol. The van der Waals surface area contributed by atoms with Crippen molar-refractivity contribution in [1.82, 2.24) is 5.32 Å². The third-order valence-electron chi connectivity index (χ3n) is 3.21. The fourth-order valence-corrected chi connectivity index (χ4v) is 2.26. The monoisotopic (exact) mass is 263 g/mol. The molecular formula is C15H18FNO2.